The van der Waals surface area contributed by atoms with Crippen LogP contribution in [0.15, 0.2) is 42.6 Å². The van der Waals surface area contributed by atoms with Crippen molar-refractivity contribution in [3.63, 3.8) is 0 Å². The third kappa shape index (κ3) is 3.40. The van der Waals surface area contributed by atoms with E-state index in [0.29, 0.717) is 31.3 Å². The second-order valence-corrected chi connectivity index (χ2v) is 7.13. The molecule has 1 atom stereocenters. The molecule has 0 spiro atoms. The summed E-state index contributed by atoms with van der Waals surface area (Å²) in [5, 5.41) is 8.00. The average molecular weight is 392 g/mol. The largest absolute Gasteiger partial charge is 0.484 e. The fourth-order valence-corrected chi connectivity index (χ4v) is 3.69. The zero-order chi connectivity index (χ0) is 19.8. The quantitative estimate of drug-likeness (QED) is 0.713. The standard InChI is InChI=1S/C20H20N6O3/c21-18(27)19-24-23-17-11-25(8-9-26(17)19)10-13-3-5-14(6-4-13)16-12-28-15-2-1-7-22-20(15)29-16/h1-7,16H,8-12H2,(H2,21,27)/t16-/m1/s1. The molecule has 4 heterocycles. The molecule has 1 amide bonds. The monoisotopic (exact) mass is 392 g/mol. The fraction of sp³-hybridized carbons (Fsp3) is 0.300. The van der Waals surface area contributed by atoms with Crippen LogP contribution in [0, 0.1) is 0 Å². The molecule has 148 valence electrons. The maximum atomic E-state index is 11.4. The highest BCUT2D eigenvalue weighted by Gasteiger charge is 2.25. The van der Waals surface area contributed by atoms with Gasteiger partial charge in [-0.25, -0.2) is 4.98 Å². The van der Waals surface area contributed by atoms with Crippen LogP contribution in [0.2, 0.25) is 0 Å². The third-order valence-corrected chi connectivity index (χ3v) is 5.19. The van der Waals surface area contributed by atoms with Gasteiger partial charge < -0.3 is 19.8 Å². The van der Waals surface area contributed by atoms with Crippen LogP contribution in [0.1, 0.15) is 33.7 Å². The van der Waals surface area contributed by atoms with E-state index >= 15 is 0 Å². The first-order valence-corrected chi connectivity index (χ1v) is 9.45. The minimum absolute atomic E-state index is 0.174. The van der Waals surface area contributed by atoms with Crippen LogP contribution in [-0.2, 0) is 19.6 Å². The molecule has 1 aromatic carbocycles. The van der Waals surface area contributed by atoms with E-state index in [4.69, 9.17) is 15.2 Å². The Balaban J connectivity index is 1.24. The van der Waals surface area contributed by atoms with Crippen LogP contribution < -0.4 is 15.2 Å². The van der Waals surface area contributed by atoms with Gasteiger partial charge in [-0.1, -0.05) is 24.3 Å². The number of ether oxygens (including phenoxy) is 2. The van der Waals surface area contributed by atoms with Gasteiger partial charge in [0.05, 0.1) is 6.54 Å². The minimum atomic E-state index is -0.542. The van der Waals surface area contributed by atoms with Crippen LogP contribution in [0.4, 0.5) is 0 Å². The number of pyridine rings is 1. The molecular formula is C20H20N6O3. The van der Waals surface area contributed by atoms with Gasteiger partial charge >= 0.3 is 0 Å². The van der Waals surface area contributed by atoms with E-state index in [1.165, 1.54) is 5.56 Å². The van der Waals surface area contributed by atoms with E-state index in [-0.39, 0.29) is 11.9 Å². The molecule has 3 aromatic rings. The summed E-state index contributed by atoms with van der Waals surface area (Å²) in [5.41, 5.74) is 7.58. The highest BCUT2D eigenvalue weighted by atomic mass is 16.6. The summed E-state index contributed by atoms with van der Waals surface area (Å²) in [6.45, 7) is 3.32. The molecule has 9 heteroatoms. The topological polar surface area (TPSA) is 108 Å². The molecular weight excluding hydrogens is 372 g/mol. The summed E-state index contributed by atoms with van der Waals surface area (Å²) in [6, 6.07) is 12.0. The van der Waals surface area contributed by atoms with Gasteiger partial charge in [0, 0.05) is 25.8 Å². The molecule has 0 saturated heterocycles. The van der Waals surface area contributed by atoms with Crippen molar-refractivity contribution in [2.24, 2.45) is 5.73 Å². The number of hydrogen-bond donors (Lipinski definition) is 1. The lowest BCUT2D eigenvalue weighted by molar-refractivity contribution is 0.0850. The smallest absolute Gasteiger partial charge is 0.286 e. The Labute approximate surface area is 167 Å². The first kappa shape index (κ1) is 17.6. The summed E-state index contributed by atoms with van der Waals surface area (Å²) >= 11 is 0. The Hall–Kier alpha value is -3.46. The van der Waals surface area contributed by atoms with E-state index in [1.807, 2.05) is 12.1 Å². The van der Waals surface area contributed by atoms with Crippen molar-refractivity contribution in [2.75, 3.05) is 13.2 Å². The predicted molar refractivity (Wildman–Crippen MR) is 102 cm³/mol. The highest BCUT2D eigenvalue weighted by Crippen LogP contribution is 2.34. The molecule has 2 aliphatic heterocycles. The van der Waals surface area contributed by atoms with Crippen LogP contribution in [-0.4, -0.2) is 43.7 Å². The van der Waals surface area contributed by atoms with Crippen molar-refractivity contribution in [2.45, 2.75) is 25.7 Å². The Kier molecular flexibility index (Phi) is 4.36. The van der Waals surface area contributed by atoms with Crippen LogP contribution >= 0.6 is 0 Å². The van der Waals surface area contributed by atoms with E-state index < -0.39 is 5.91 Å². The van der Waals surface area contributed by atoms with Crippen molar-refractivity contribution in [3.8, 4) is 11.6 Å². The van der Waals surface area contributed by atoms with Crippen LogP contribution in [0.25, 0.3) is 0 Å². The third-order valence-electron chi connectivity index (χ3n) is 5.19. The molecule has 0 fully saturated rings. The zero-order valence-corrected chi connectivity index (χ0v) is 15.7. The van der Waals surface area contributed by atoms with Gasteiger partial charge in [0.25, 0.3) is 11.8 Å². The van der Waals surface area contributed by atoms with E-state index in [0.717, 1.165) is 24.5 Å². The van der Waals surface area contributed by atoms with Crippen molar-refractivity contribution in [3.05, 3.63) is 65.4 Å². The van der Waals surface area contributed by atoms with Gasteiger partial charge in [0.15, 0.2) is 11.9 Å². The molecule has 2 N–H and O–H groups in total. The van der Waals surface area contributed by atoms with E-state index in [1.54, 1.807) is 10.8 Å². The van der Waals surface area contributed by atoms with Crippen molar-refractivity contribution < 1.29 is 14.3 Å². The lowest BCUT2D eigenvalue weighted by atomic mass is 10.1. The fourth-order valence-electron chi connectivity index (χ4n) is 3.69. The lowest BCUT2D eigenvalue weighted by Crippen LogP contribution is -2.35. The Morgan fingerprint density at radius 1 is 1.17 bits per heavy atom. The molecule has 9 nitrogen and oxygen atoms in total. The normalized spacial score (nSPS) is 18.3. The number of hydrogen-bond acceptors (Lipinski definition) is 7. The van der Waals surface area contributed by atoms with Gasteiger partial charge in [0.1, 0.15) is 12.4 Å². The summed E-state index contributed by atoms with van der Waals surface area (Å²) in [7, 11) is 0. The molecule has 5 rings (SSSR count). The molecule has 29 heavy (non-hydrogen) atoms. The molecule has 0 bridgehead atoms. The second-order valence-electron chi connectivity index (χ2n) is 7.13. The van der Waals surface area contributed by atoms with Gasteiger partial charge in [-0.15, -0.1) is 10.2 Å². The molecule has 2 aromatic heterocycles. The summed E-state index contributed by atoms with van der Waals surface area (Å²) in [4.78, 5) is 17.9. The molecule has 0 unspecified atom stereocenters. The zero-order valence-electron chi connectivity index (χ0n) is 15.7. The number of nitrogens with zero attached hydrogens (tertiary/aromatic N) is 5. The molecule has 2 aliphatic rings. The van der Waals surface area contributed by atoms with Gasteiger partial charge in [-0.05, 0) is 23.3 Å². The Bertz CT molecular complexity index is 1050. The van der Waals surface area contributed by atoms with Crippen LogP contribution in [0.3, 0.4) is 0 Å². The first-order valence-electron chi connectivity index (χ1n) is 9.45. The number of rotatable bonds is 4. The number of amides is 1. The SMILES string of the molecule is NC(=O)c1nnc2n1CCN(Cc1ccc([C@H]3COc4cccnc4O3)cc1)C2. The molecule has 0 radical (unpaired) electrons. The van der Waals surface area contributed by atoms with Gasteiger partial charge in [-0.3, -0.25) is 9.69 Å². The van der Waals surface area contributed by atoms with E-state index in [9.17, 15) is 4.79 Å². The number of primary amides is 1. The van der Waals surface area contributed by atoms with Crippen LogP contribution in [0.5, 0.6) is 11.6 Å². The maximum absolute atomic E-state index is 11.4. The summed E-state index contributed by atoms with van der Waals surface area (Å²) in [6.07, 6.45) is 1.52. The maximum Gasteiger partial charge on any atom is 0.286 e. The van der Waals surface area contributed by atoms with Crippen molar-refractivity contribution in [1.29, 1.82) is 0 Å². The molecule has 0 saturated carbocycles. The van der Waals surface area contributed by atoms with Gasteiger partial charge in [0.2, 0.25) is 5.82 Å². The first-order chi connectivity index (χ1) is 14.2. The number of benzene rings is 1. The number of nitrogens with two attached hydrogens (primary N) is 1. The van der Waals surface area contributed by atoms with Crippen molar-refractivity contribution >= 4 is 5.91 Å². The summed E-state index contributed by atoms with van der Waals surface area (Å²) < 4.78 is 13.5. The average Bonchev–Trinajstić information content (AvgIpc) is 3.17. The van der Waals surface area contributed by atoms with E-state index in [2.05, 4.69) is 44.3 Å². The predicted octanol–water partition coefficient (Wildman–Crippen LogP) is 1.30. The molecule has 0 aliphatic carbocycles. The summed E-state index contributed by atoms with van der Waals surface area (Å²) in [5.74, 6) is 1.66. The minimum Gasteiger partial charge on any atom is -0.484 e. The number of carbonyl (C=O) groups excluding carboxylic acids is 1. The lowest BCUT2D eigenvalue weighted by Gasteiger charge is -2.28. The number of aromatic nitrogens is 4. The number of carbonyl (C=O) groups is 1. The Morgan fingerprint density at radius 3 is 2.86 bits per heavy atom. The Morgan fingerprint density at radius 2 is 2.03 bits per heavy atom. The second kappa shape index (κ2) is 7.17. The van der Waals surface area contributed by atoms with Crippen molar-refractivity contribution in [1.82, 2.24) is 24.6 Å². The highest BCUT2D eigenvalue weighted by molar-refractivity contribution is 5.89. The number of fused-ring (bicyclic) bond motifs is 2. The van der Waals surface area contributed by atoms with Gasteiger partial charge in [-0.2, -0.15) is 0 Å².